The zero-order valence-electron chi connectivity index (χ0n) is 17.9. The first-order valence-electron chi connectivity index (χ1n) is 9.62. The summed E-state index contributed by atoms with van der Waals surface area (Å²) >= 11 is 0. The Bertz CT molecular complexity index is 1120. The second kappa shape index (κ2) is 9.76. The fraction of sp³-hybridized carbons (Fsp3) is 0.429. The van der Waals surface area contributed by atoms with E-state index in [0.717, 1.165) is 6.07 Å². The van der Waals surface area contributed by atoms with Crippen molar-refractivity contribution in [3.63, 3.8) is 0 Å². The zero-order valence-corrected chi connectivity index (χ0v) is 18.7. The fourth-order valence-corrected chi connectivity index (χ4v) is 3.61. The maximum atomic E-state index is 12.9. The Morgan fingerprint density at radius 1 is 1.09 bits per heavy atom. The summed E-state index contributed by atoms with van der Waals surface area (Å²) in [6.45, 7) is 4.96. The lowest BCUT2D eigenvalue weighted by Gasteiger charge is -2.18. The molecule has 0 heterocycles. The number of ether oxygens (including phenoxy) is 2. The molecule has 0 bridgehead atoms. The molecule has 0 aliphatic carbocycles. The van der Waals surface area contributed by atoms with E-state index < -0.39 is 33.3 Å². The van der Waals surface area contributed by atoms with Crippen molar-refractivity contribution in [2.45, 2.75) is 51.5 Å². The molecule has 0 unspecified atom stereocenters. The van der Waals surface area contributed by atoms with Crippen molar-refractivity contribution < 1.29 is 44.8 Å². The zero-order chi connectivity index (χ0) is 24.3. The van der Waals surface area contributed by atoms with Gasteiger partial charge in [0, 0.05) is 18.9 Å². The van der Waals surface area contributed by atoms with Gasteiger partial charge in [0.15, 0.2) is 0 Å². The second-order valence-corrected chi connectivity index (χ2v) is 8.85. The molecule has 0 radical (unpaired) electrons. The summed E-state index contributed by atoms with van der Waals surface area (Å²) < 4.78 is 76.1. The molecule has 0 aliphatic rings. The van der Waals surface area contributed by atoms with Gasteiger partial charge in [-0.2, -0.15) is 21.6 Å². The molecule has 7 nitrogen and oxygen atoms in total. The van der Waals surface area contributed by atoms with Gasteiger partial charge in [-0.1, -0.05) is 19.9 Å². The molecule has 11 heteroatoms. The van der Waals surface area contributed by atoms with Crippen LogP contribution in [-0.4, -0.2) is 33.0 Å². The maximum absolute atomic E-state index is 12.9. The number of esters is 2. The summed E-state index contributed by atoms with van der Waals surface area (Å²) in [7, 11) is -4.72. The Labute approximate surface area is 183 Å². The van der Waals surface area contributed by atoms with Crippen molar-refractivity contribution in [3.05, 3.63) is 35.4 Å². The van der Waals surface area contributed by atoms with Crippen LogP contribution in [0.4, 0.5) is 13.2 Å². The minimum atomic E-state index is -5.92. The summed E-state index contributed by atoms with van der Waals surface area (Å²) in [5.74, 6) is -1.49. The highest BCUT2D eigenvalue weighted by Crippen LogP contribution is 2.38. The van der Waals surface area contributed by atoms with Gasteiger partial charge in [-0.15, -0.1) is 0 Å². The van der Waals surface area contributed by atoms with Gasteiger partial charge in [0.1, 0.15) is 11.5 Å². The summed E-state index contributed by atoms with van der Waals surface area (Å²) in [6, 6.07) is 5.73. The second-order valence-electron chi connectivity index (χ2n) is 7.31. The van der Waals surface area contributed by atoms with Crippen molar-refractivity contribution in [1.29, 1.82) is 0 Å². The third-order valence-electron chi connectivity index (χ3n) is 4.61. The molecule has 0 saturated heterocycles. The van der Waals surface area contributed by atoms with Crippen molar-refractivity contribution in [1.82, 2.24) is 0 Å². The molecular weight excluding hydrogens is 453 g/mol. The molecule has 0 fully saturated rings. The highest BCUT2D eigenvalue weighted by atomic mass is 32.2. The number of aryl methyl sites for hydroxylation is 1. The Balaban J connectivity index is 2.68. The number of halogens is 3. The molecule has 32 heavy (non-hydrogen) atoms. The largest absolute Gasteiger partial charge is 0.534 e. The van der Waals surface area contributed by atoms with Gasteiger partial charge in [-0.3, -0.25) is 9.59 Å². The number of rotatable bonds is 8. The smallest absolute Gasteiger partial charge is 0.469 e. The van der Waals surface area contributed by atoms with Crippen LogP contribution in [0, 0.1) is 0 Å². The number of benzene rings is 2. The predicted molar refractivity (Wildman–Crippen MR) is 110 cm³/mol. The van der Waals surface area contributed by atoms with Crippen molar-refractivity contribution in [2.24, 2.45) is 0 Å². The third-order valence-corrected chi connectivity index (χ3v) is 5.58. The van der Waals surface area contributed by atoms with Crippen molar-refractivity contribution in [2.75, 3.05) is 7.11 Å². The van der Waals surface area contributed by atoms with Gasteiger partial charge in [-0.25, -0.2) is 0 Å². The highest BCUT2D eigenvalue weighted by Gasteiger charge is 2.48. The first kappa shape index (κ1) is 25.4. The molecule has 0 aromatic heterocycles. The van der Waals surface area contributed by atoms with Gasteiger partial charge in [0.05, 0.1) is 7.11 Å². The van der Waals surface area contributed by atoms with E-state index in [-0.39, 0.29) is 36.5 Å². The van der Waals surface area contributed by atoms with Crippen molar-refractivity contribution in [3.8, 4) is 11.5 Å². The molecule has 0 atom stereocenters. The van der Waals surface area contributed by atoms with E-state index in [1.54, 1.807) is 6.07 Å². The van der Waals surface area contributed by atoms with Gasteiger partial charge in [0.25, 0.3) is 0 Å². The monoisotopic (exact) mass is 476 g/mol. The fourth-order valence-electron chi connectivity index (χ4n) is 3.12. The van der Waals surface area contributed by atoms with Crippen LogP contribution >= 0.6 is 0 Å². The molecule has 2 aromatic rings. The first-order valence-corrected chi connectivity index (χ1v) is 11.0. The lowest BCUT2D eigenvalue weighted by Crippen LogP contribution is -2.28. The summed E-state index contributed by atoms with van der Waals surface area (Å²) in [6.07, 6.45) is 0.123. The Morgan fingerprint density at radius 2 is 1.75 bits per heavy atom. The average molecular weight is 476 g/mol. The summed E-state index contributed by atoms with van der Waals surface area (Å²) in [5, 5.41) is 0.916. The lowest BCUT2D eigenvalue weighted by atomic mass is 9.93. The first-order chi connectivity index (χ1) is 14.8. The van der Waals surface area contributed by atoms with Crippen molar-refractivity contribution >= 4 is 32.8 Å². The predicted octanol–water partition coefficient (Wildman–Crippen LogP) is 4.61. The molecule has 2 rings (SSSR count). The number of hydrogen-bond acceptors (Lipinski definition) is 7. The van der Waals surface area contributed by atoms with E-state index in [0.29, 0.717) is 16.3 Å². The molecule has 2 aromatic carbocycles. The third kappa shape index (κ3) is 5.90. The SMILES string of the molecule is COC(=O)CCCc1c(OS(=O)(=O)C(F)(F)F)ccc2cc(C(C)C)c(OC(C)=O)cc12. The number of carbonyl (C=O) groups is 2. The minimum absolute atomic E-state index is 0.00961. The molecule has 0 amide bonds. The average Bonchev–Trinajstić information content (AvgIpc) is 2.67. The maximum Gasteiger partial charge on any atom is 0.534 e. The number of carbonyl (C=O) groups excluding carboxylic acids is 2. The lowest BCUT2D eigenvalue weighted by molar-refractivity contribution is -0.140. The highest BCUT2D eigenvalue weighted by molar-refractivity contribution is 7.88. The van der Waals surface area contributed by atoms with E-state index in [9.17, 15) is 31.2 Å². The van der Waals surface area contributed by atoms with Crippen LogP contribution in [0.15, 0.2) is 24.3 Å². The molecule has 0 aliphatic heterocycles. The molecule has 0 N–H and O–H groups in total. The van der Waals surface area contributed by atoms with E-state index in [4.69, 9.17) is 4.74 Å². The standard InChI is InChI=1S/C21H23F3O7S/c1-12(2)16-10-14-8-9-18(31-32(27,28)21(22,23)24)15(6-5-7-20(26)29-4)17(14)11-19(16)30-13(3)25/h8-12H,5-7H2,1-4H3. The quantitative estimate of drug-likeness (QED) is 0.238. The Hall–Kier alpha value is -2.82. The Morgan fingerprint density at radius 3 is 2.28 bits per heavy atom. The van der Waals surface area contributed by atoms with Crippen LogP contribution in [0.3, 0.4) is 0 Å². The Kier molecular flexibility index (Phi) is 7.76. The topological polar surface area (TPSA) is 96.0 Å². The van der Waals surface area contributed by atoms with Gasteiger partial charge < -0.3 is 13.7 Å². The van der Waals surface area contributed by atoms with Gasteiger partial charge >= 0.3 is 27.6 Å². The minimum Gasteiger partial charge on any atom is -0.469 e. The van der Waals surface area contributed by atoms with Crippen LogP contribution in [-0.2, 0) is 30.9 Å². The van der Waals surface area contributed by atoms with E-state index in [1.807, 2.05) is 13.8 Å². The van der Waals surface area contributed by atoms with E-state index in [1.165, 1.54) is 26.2 Å². The van der Waals surface area contributed by atoms with Crippen LogP contribution < -0.4 is 8.92 Å². The van der Waals surface area contributed by atoms with Crippen LogP contribution in [0.25, 0.3) is 10.8 Å². The van der Waals surface area contributed by atoms with Crippen LogP contribution in [0.5, 0.6) is 11.5 Å². The van der Waals surface area contributed by atoms with Crippen LogP contribution in [0.2, 0.25) is 0 Å². The number of fused-ring (bicyclic) bond motifs is 1. The summed E-state index contributed by atoms with van der Waals surface area (Å²) in [4.78, 5) is 23.0. The van der Waals surface area contributed by atoms with Crippen LogP contribution in [0.1, 0.15) is 50.7 Å². The van der Waals surface area contributed by atoms with Gasteiger partial charge in [-0.05, 0) is 53.3 Å². The molecule has 176 valence electrons. The van der Waals surface area contributed by atoms with E-state index >= 15 is 0 Å². The van der Waals surface area contributed by atoms with Gasteiger partial charge in [0.2, 0.25) is 0 Å². The normalized spacial score (nSPS) is 12.1. The van der Waals surface area contributed by atoms with E-state index in [2.05, 4.69) is 8.92 Å². The number of hydrogen-bond donors (Lipinski definition) is 0. The molecule has 0 saturated carbocycles. The molecule has 0 spiro atoms. The number of alkyl halides is 3. The number of methoxy groups -OCH3 is 1. The summed E-state index contributed by atoms with van der Waals surface area (Å²) in [5.41, 5.74) is -4.80. The molecular formula is C21H23F3O7S.